The van der Waals surface area contributed by atoms with Crippen molar-refractivity contribution in [3.8, 4) is 11.3 Å². The topological polar surface area (TPSA) is 63.2 Å². The summed E-state index contributed by atoms with van der Waals surface area (Å²) in [6.45, 7) is 1.73. The molecule has 0 aliphatic carbocycles. The third kappa shape index (κ3) is 4.28. The number of Topliss-reactive ketones (excluding diaryl/α,β-unsaturated/α-hetero) is 1. The number of amides is 1. The molecule has 3 rings (SSSR count). The first-order valence-electron chi connectivity index (χ1n) is 8.94. The predicted molar refractivity (Wildman–Crippen MR) is 106 cm³/mol. The van der Waals surface area contributed by atoms with Crippen LogP contribution in [-0.4, -0.2) is 28.7 Å². The fraction of sp³-hybridized carbons (Fsp3) is 0.182. The summed E-state index contributed by atoms with van der Waals surface area (Å²) in [4.78, 5) is 33.7. The normalized spacial score (nSPS) is 10.5. The first-order chi connectivity index (χ1) is 13.5. The quantitative estimate of drug-likeness (QED) is 0.607. The minimum absolute atomic E-state index is 0.0618. The van der Waals surface area contributed by atoms with Crippen LogP contribution in [0.2, 0.25) is 0 Å². The van der Waals surface area contributed by atoms with Crippen molar-refractivity contribution < 1.29 is 14.0 Å². The molecular weight excluding hydrogens is 357 g/mol. The summed E-state index contributed by atoms with van der Waals surface area (Å²) >= 11 is 0. The molecule has 0 saturated carbocycles. The van der Waals surface area contributed by atoms with Gasteiger partial charge in [0.2, 0.25) is 5.91 Å². The van der Waals surface area contributed by atoms with Crippen LogP contribution in [0.15, 0.2) is 61.1 Å². The third-order valence-electron chi connectivity index (χ3n) is 4.45. The Balaban J connectivity index is 1.77. The monoisotopic (exact) mass is 377 g/mol. The lowest BCUT2D eigenvalue weighted by atomic mass is 10.0. The summed E-state index contributed by atoms with van der Waals surface area (Å²) in [5.74, 6) is -0.727. The van der Waals surface area contributed by atoms with Gasteiger partial charge in [-0.1, -0.05) is 19.1 Å². The SMILES string of the molecule is CCC(=O)N(C)c1ccc(-c2ccc(C(=O)Cc3cccnc3)cn2)cc1F. The van der Waals surface area contributed by atoms with Gasteiger partial charge in [-0.15, -0.1) is 0 Å². The van der Waals surface area contributed by atoms with Crippen LogP contribution >= 0.6 is 0 Å². The van der Waals surface area contributed by atoms with E-state index in [1.54, 1.807) is 56.7 Å². The standard InChI is InChI=1S/C22H20FN3O2/c1-3-22(28)26(2)20-9-7-16(12-18(20)23)19-8-6-17(14-25-19)21(27)11-15-5-4-10-24-13-15/h4-10,12-14H,3,11H2,1-2H3. The first kappa shape index (κ1) is 19.4. The van der Waals surface area contributed by atoms with Crippen LogP contribution in [0.1, 0.15) is 29.3 Å². The Bertz CT molecular complexity index is 988. The molecule has 1 amide bonds. The highest BCUT2D eigenvalue weighted by Gasteiger charge is 2.15. The number of halogens is 1. The number of pyridine rings is 2. The molecule has 5 nitrogen and oxygen atoms in total. The predicted octanol–water partition coefficient (Wildman–Crippen LogP) is 4.08. The molecule has 6 heteroatoms. The first-order valence-corrected chi connectivity index (χ1v) is 8.94. The largest absolute Gasteiger partial charge is 0.313 e. The molecule has 142 valence electrons. The molecule has 2 heterocycles. The summed E-state index contributed by atoms with van der Waals surface area (Å²) in [6.07, 6.45) is 5.35. The number of rotatable bonds is 6. The van der Waals surface area contributed by atoms with E-state index in [1.807, 2.05) is 6.07 Å². The summed E-state index contributed by atoms with van der Waals surface area (Å²) in [6, 6.07) is 11.6. The van der Waals surface area contributed by atoms with Gasteiger partial charge in [-0.05, 0) is 35.9 Å². The van der Waals surface area contributed by atoms with Crippen LogP contribution in [-0.2, 0) is 11.2 Å². The maximum Gasteiger partial charge on any atom is 0.226 e. The highest BCUT2D eigenvalue weighted by molar-refractivity contribution is 5.97. The molecule has 0 bridgehead atoms. The zero-order valence-electron chi connectivity index (χ0n) is 15.7. The van der Waals surface area contributed by atoms with Gasteiger partial charge < -0.3 is 4.90 Å². The van der Waals surface area contributed by atoms with Crippen LogP contribution in [0, 0.1) is 5.82 Å². The van der Waals surface area contributed by atoms with Crippen molar-refractivity contribution in [3.05, 3.63) is 78.0 Å². The van der Waals surface area contributed by atoms with E-state index in [0.717, 1.165) is 5.56 Å². The van der Waals surface area contributed by atoms with Crippen molar-refractivity contribution in [3.63, 3.8) is 0 Å². The van der Waals surface area contributed by atoms with E-state index in [9.17, 15) is 14.0 Å². The van der Waals surface area contributed by atoms with Crippen LogP contribution in [0.4, 0.5) is 10.1 Å². The van der Waals surface area contributed by atoms with Gasteiger partial charge in [0.15, 0.2) is 5.78 Å². The van der Waals surface area contributed by atoms with Gasteiger partial charge in [0.05, 0.1) is 11.4 Å². The maximum atomic E-state index is 14.5. The Labute approximate surface area is 162 Å². The van der Waals surface area contributed by atoms with Crippen molar-refractivity contribution in [2.75, 3.05) is 11.9 Å². The van der Waals surface area contributed by atoms with E-state index < -0.39 is 5.82 Å². The third-order valence-corrected chi connectivity index (χ3v) is 4.45. The number of ketones is 1. The van der Waals surface area contributed by atoms with Gasteiger partial charge in [-0.2, -0.15) is 0 Å². The summed E-state index contributed by atoms with van der Waals surface area (Å²) < 4.78 is 14.5. The average Bonchev–Trinajstić information content (AvgIpc) is 2.73. The average molecular weight is 377 g/mol. The second-order valence-electron chi connectivity index (χ2n) is 6.37. The molecule has 0 atom stereocenters. The molecule has 3 aromatic rings. The molecule has 0 aliphatic heterocycles. The van der Waals surface area contributed by atoms with Crippen molar-refractivity contribution >= 4 is 17.4 Å². The number of hydrogen-bond acceptors (Lipinski definition) is 4. The number of hydrogen-bond donors (Lipinski definition) is 0. The van der Waals surface area contributed by atoms with Crippen molar-refractivity contribution in [1.82, 2.24) is 9.97 Å². The van der Waals surface area contributed by atoms with Gasteiger partial charge in [0.1, 0.15) is 5.82 Å². The Morgan fingerprint density at radius 2 is 1.93 bits per heavy atom. The van der Waals surface area contributed by atoms with E-state index in [2.05, 4.69) is 9.97 Å². The zero-order valence-corrected chi connectivity index (χ0v) is 15.7. The molecule has 0 spiro atoms. The number of nitrogens with zero attached hydrogens (tertiary/aromatic N) is 3. The van der Waals surface area contributed by atoms with Crippen LogP contribution in [0.5, 0.6) is 0 Å². The van der Waals surface area contributed by atoms with Gasteiger partial charge >= 0.3 is 0 Å². The number of aromatic nitrogens is 2. The van der Waals surface area contributed by atoms with E-state index in [-0.39, 0.29) is 23.8 Å². The van der Waals surface area contributed by atoms with Gasteiger partial charge in [0, 0.05) is 49.6 Å². The molecule has 0 unspecified atom stereocenters. The molecular formula is C22H20FN3O2. The van der Waals surface area contributed by atoms with Gasteiger partial charge in [-0.3, -0.25) is 19.6 Å². The van der Waals surface area contributed by atoms with Crippen molar-refractivity contribution in [2.24, 2.45) is 0 Å². The lowest BCUT2D eigenvalue weighted by molar-refractivity contribution is -0.118. The molecule has 0 fully saturated rings. The van der Waals surface area contributed by atoms with Crippen LogP contribution < -0.4 is 4.90 Å². The minimum atomic E-state index is -0.500. The number of carbonyl (C=O) groups is 2. The smallest absolute Gasteiger partial charge is 0.226 e. The minimum Gasteiger partial charge on any atom is -0.313 e. The number of benzene rings is 1. The van der Waals surface area contributed by atoms with E-state index in [1.165, 1.54) is 17.2 Å². The Morgan fingerprint density at radius 1 is 1.11 bits per heavy atom. The molecule has 0 aliphatic rings. The highest BCUT2D eigenvalue weighted by Crippen LogP contribution is 2.25. The fourth-order valence-corrected chi connectivity index (χ4v) is 2.83. The summed E-state index contributed by atoms with van der Waals surface area (Å²) in [5.41, 5.74) is 2.66. The molecule has 1 aromatic carbocycles. The molecule has 0 radical (unpaired) electrons. The fourth-order valence-electron chi connectivity index (χ4n) is 2.83. The van der Waals surface area contributed by atoms with Crippen molar-refractivity contribution in [1.29, 1.82) is 0 Å². The van der Waals surface area contributed by atoms with Gasteiger partial charge in [0.25, 0.3) is 0 Å². The second-order valence-corrected chi connectivity index (χ2v) is 6.37. The Morgan fingerprint density at radius 3 is 2.54 bits per heavy atom. The lowest BCUT2D eigenvalue weighted by Crippen LogP contribution is -2.25. The van der Waals surface area contributed by atoms with Crippen LogP contribution in [0.3, 0.4) is 0 Å². The van der Waals surface area contributed by atoms with Gasteiger partial charge in [-0.25, -0.2) is 4.39 Å². The highest BCUT2D eigenvalue weighted by atomic mass is 19.1. The molecule has 28 heavy (non-hydrogen) atoms. The maximum absolute atomic E-state index is 14.5. The zero-order chi connectivity index (χ0) is 20.1. The number of carbonyl (C=O) groups excluding carboxylic acids is 2. The van der Waals surface area contributed by atoms with E-state index in [4.69, 9.17) is 0 Å². The van der Waals surface area contributed by atoms with E-state index >= 15 is 0 Å². The second kappa shape index (κ2) is 8.52. The molecule has 0 saturated heterocycles. The Hall–Kier alpha value is -3.41. The summed E-state index contributed by atoms with van der Waals surface area (Å²) in [5, 5.41) is 0. The number of anilines is 1. The Kier molecular flexibility index (Phi) is 5.89. The lowest BCUT2D eigenvalue weighted by Gasteiger charge is -2.17. The van der Waals surface area contributed by atoms with Crippen LogP contribution in [0.25, 0.3) is 11.3 Å². The molecule has 0 N–H and O–H groups in total. The summed E-state index contributed by atoms with van der Waals surface area (Å²) in [7, 11) is 1.55. The van der Waals surface area contributed by atoms with E-state index in [0.29, 0.717) is 23.2 Å². The van der Waals surface area contributed by atoms with Crippen molar-refractivity contribution in [2.45, 2.75) is 19.8 Å². The molecule has 2 aromatic heterocycles.